The van der Waals surface area contributed by atoms with Crippen molar-refractivity contribution < 1.29 is 4.92 Å². The Bertz CT molecular complexity index is 578. The van der Waals surface area contributed by atoms with Crippen molar-refractivity contribution in [1.82, 2.24) is 9.78 Å². The van der Waals surface area contributed by atoms with Crippen molar-refractivity contribution in [2.24, 2.45) is 0 Å². The zero-order valence-electron chi connectivity index (χ0n) is 8.88. The summed E-state index contributed by atoms with van der Waals surface area (Å²) in [7, 11) is 0. The van der Waals surface area contributed by atoms with Crippen LogP contribution >= 0.6 is 22.9 Å². The minimum absolute atomic E-state index is 0.0667. The second-order valence-corrected chi connectivity index (χ2v) is 5.24. The lowest BCUT2D eigenvalue weighted by Gasteiger charge is -1.99. The number of hydrogen-bond acceptors (Lipinski definition) is 5. The van der Waals surface area contributed by atoms with Crippen LogP contribution in [0, 0.1) is 17.0 Å². The normalized spacial score (nSPS) is 10.7. The molecule has 17 heavy (non-hydrogen) atoms. The molecule has 0 saturated heterocycles. The van der Waals surface area contributed by atoms with Gasteiger partial charge in [0.1, 0.15) is 5.69 Å². The average Bonchev–Trinajstić information content (AvgIpc) is 2.73. The Morgan fingerprint density at radius 3 is 2.82 bits per heavy atom. The van der Waals surface area contributed by atoms with Crippen LogP contribution in [0.4, 0.5) is 11.5 Å². The molecule has 2 aromatic rings. The molecule has 0 aliphatic heterocycles. The molecule has 2 N–H and O–H groups in total. The summed E-state index contributed by atoms with van der Waals surface area (Å²) in [4.78, 5) is 11.2. The summed E-state index contributed by atoms with van der Waals surface area (Å²) in [5.41, 5.74) is 5.87. The summed E-state index contributed by atoms with van der Waals surface area (Å²) in [6, 6.07) is 3.61. The Labute approximate surface area is 106 Å². The van der Waals surface area contributed by atoms with E-state index in [9.17, 15) is 10.1 Å². The number of nitro groups is 1. The summed E-state index contributed by atoms with van der Waals surface area (Å²) in [6.45, 7) is 1.95. The lowest BCUT2D eigenvalue weighted by Crippen LogP contribution is -2.05. The molecular formula is C9H9ClN4O2S. The lowest BCUT2D eigenvalue weighted by atomic mass is 10.4. The van der Waals surface area contributed by atoms with Crippen LogP contribution in [0.2, 0.25) is 4.34 Å². The number of nitrogens with two attached hydrogens (primary N) is 1. The van der Waals surface area contributed by atoms with E-state index in [2.05, 4.69) is 5.10 Å². The van der Waals surface area contributed by atoms with E-state index in [1.165, 1.54) is 16.0 Å². The van der Waals surface area contributed by atoms with Gasteiger partial charge in [0.25, 0.3) is 0 Å². The largest absolute Gasteiger partial charge is 0.378 e. The fraction of sp³-hybridized carbons (Fsp3) is 0.222. The monoisotopic (exact) mass is 272 g/mol. The van der Waals surface area contributed by atoms with Crippen LogP contribution in [0.5, 0.6) is 0 Å². The van der Waals surface area contributed by atoms with Crippen LogP contribution in [0.3, 0.4) is 0 Å². The lowest BCUT2D eigenvalue weighted by molar-refractivity contribution is -0.384. The number of nitrogens with zero attached hydrogens (tertiary/aromatic N) is 3. The van der Waals surface area contributed by atoms with E-state index in [0.717, 1.165) is 4.88 Å². The van der Waals surface area contributed by atoms with E-state index < -0.39 is 4.92 Å². The first-order valence-electron chi connectivity index (χ1n) is 4.70. The number of nitrogen functional groups attached to an aromatic ring is 1. The van der Waals surface area contributed by atoms with E-state index in [4.69, 9.17) is 17.3 Å². The molecule has 2 aromatic heterocycles. The third-order valence-electron chi connectivity index (χ3n) is 2.25. The van der Waals surface area contributed by atoms with Crippen molar-refractivity contribution in [3.63, 3.8) is 0 Å². The van der Waals surface area contributed by atoms with Crippen molar-refractivity contribution >= 4 is 34.4 Å². The van der Waals surface area contributed by atoms with Crippen molar-refractivity contribution in [3.8, 4) is 0 Å². The van der Waals surface area contributed by atoms with Gasteiger partial charge in [0, 0.05) is 4.88 Å². The van der Waals surface area contributed by atoms with Gasteiger partial charge in [0.05, 0.1) is 15.8 Å². The second kappa shape index (κ2) is 4.34. The molecule has 6 nitrogen and oxygen atoms in total. The van der Waals surface area contributed by atoms with E-state index in [0.29, 0.717) is 16.6 Å². The predicted molar refractivity (Wildman–Crippen MR) is 66.5 cm³/mol. The van der Waals surface area contributed by atoms with Gasteiger partial charge in [0.2, 0.25) is 5.82 Å². The Morgan fingerprint density at radius 2 is 2.35 bits per heavy atom. The van der Waals surface area contributed by atoms with Crippen molar-refractivity contribution in [3.05, 3.63) is 37.2 Å². The van der Waals surface area contributed by atoms with Crippen LogP contribution in [0.15, 0.2) is 12.1 Å². The molecule has 0 aliphatic carbocycles. The highest BCUT2D eigenvalue weighted by molar-refractivity contribution is 7.16. The molecule has 8 heteroatoms. The quantitative estimate of drug-likeness (QED) is 0.687. The first-order valence-corrected chi connectivity index (χ1v) is 5.90. The third-order valence-corrected chi connectivity index (χ3v) is 3.47. The molecule has 0 spiro atoms. The zero-order valence-corrected chi connectivity index (χ0v) is 10.5. The minimum Gasteiger partial charge on any atom is -0.378 e. The number of thiophene rings is 1. The van der Waals surface area contributed by atoms with Gasteiger partial charge in [-0.2, -0.15) is 5.10 Å². The molecule has 0 atom stereocenters. The maximum atomic E-state index is 10.8. The van der Waals surface area contributed by atoms with Crippen LogP contribution < -0.4 is 5.73 Å². The van der Waals surface area contributed by atoms with Crippen LogP contribution in [-0.2, 0) is 6.54 Å². The number of anilines is 1. The first kappa shape index (κ1) is 11.9. The summed E-state index contributed by atoms with van der Waals surface area (Å²) in [5.74, 6) is 0.0667. The van der Waals surface area contributed by atoms with Crippen LogP contribution in [0.25, 0.3) is 0 Å². The highest BCUT2D eigenvalue weighted by atomic mass is 35.5. The summed E-state index contributed by atoms with van der Waals surface area (Å²) < 4.78 is 2.08. The molecule has 0 bridgehead atoms. The topological polar surface area (TPSA) is 87.0 Å². The van der Waals surface area contributed by atoms with E-state index >= 15 is 0 Å². The summed E-state index contributed by atoms with van der Waals surface area (Å²) in [5, 5.41) is 14.8. The van der Waals surface area contributed by atoms with Gasteiger partial charge in [-0.3, -0.25) is 10.1 Å². The molecule has 0 saturated carbocycles. The van der Waals surface area contributed by atoms with Crippen molar-refractivity contribution in [2.75, 3.05) is 5.73 Å². The third kappa shape index (κ3) is 2.25. The second-order valence-electron chi connectivity index (χ2n) is 3.44. The van der Waals surface area contributed by atoms with Gasteiger partial charge < -0.3 is 5.73 Å². The van der Waals surface area contributed by atoms with Crippen molar-refractivity contribution in [2.45, 2.75) is 13.5 Å². The molecule has 90 valence electrons. The van der Waals surface area contributed by atoms with Gasteiger partial charge in [0.15, 0.2) is 0 Å². The zero-order chi connectivity index (χ0) is 12.6. The fourth-order valence-electron chi connectivity index (χ4n) is 1.52. The average molecular weight is 273 g/mol. The molecule has 0 aliphatic rings. The maximum Gasteiger partial charge on any atom is 0.333 e. The highest BCUT2D eigenvalue weighted by Gasteiger charge is 2.22. The summed E-state index contributed by atoms with van der Waals surface area (Å²) >= 11 is 7.20. The Hall–Kier alpha value is -1.60. The Balaban J connectivity index is 2.34. The van der Waals surface area contributed by atoms with Gasteiger partial charge in [-0.15, -0.1) is 11.3 Å². The van der Waals surface area contributed by atoms with Gasteiger partial charge in [-0.1, -0.05) is 11.6 Å². The SMILES string of the molecule is Cc1nn(Cc2ccc(Cl)s2)c(N)c1[N+](=O)[O-]. The molecule has 2 rings (SSSR count). The molecule has 0 amide bonds. The highest BCUT2D eigenvalue weighted by Crippen LogP contribution is 2.28. The Morgan fingerprint density at radius 1 is 1.65 bits per heavy atom. The van der Waals surface area contributed by atoms with E-state index in [-0.39, 0.29) is 11.5 Å². The number of halogens is 1. The van der Waals surface area contributed by atoms with E-state index in [1.807, 2.05) is 6.07 Å². The number of rotatable bonds is 3. The van der Waals surface area contributed by atoms with Crippen LogP contribution in [-0.4, -0.2) is 14.7 Å². The molecule has 0 aromatic carbocycles. The Kier molecular flexibility index (Phi) is 3.03. The van der Waals surface area contributed by atoms with Crippen molar-refractivity contribution in [1.29, 1.82) is 0 Å². The number of hydrogen-bond donors (Lipinski definition) is 1. The minimum atomic E-state index is -0.518. The predicted octanol–water partition coefficient (Wildman–Crippen LogP) is 2.45. The van der Waals surface area contributed by atoms with Gasteiger partial charge >= 0.3 is 5.69 Å². The van der Waals surface area contributed by atoms with E-state index in [1.54, 1.807) is 13.0 Å². The van der Waals surface area contributed by atoms with Crippen LogP contribution in [0.1, 0.15) is 10.6 Å². The molecular weight excluding hydrogens is 264 g/mol. The van der Waals surface area contributed by atoms with Gasteiger partial charge in [-0.25, -0.2) is 4.68 Å². The van der Waals surface area contributed by atoms with Gasteiger partial charge in [-0.05, 0) is 19.1 Å². The molecule has 2 heterocycles. The molecule has 0 unspecified atom stereocenters. The number of aromatic nitrogens is 2. The smallest absolute Gasteiger partial charge is 0.333 e. The fourth-order valence-corrected chi connectivity index (χ4v) is 2.59. The maximum absolute atomic E-state index is 10.8. The first-order chi connectivity index (χ1) is 7.99. The standard InChI is InChI=1S/C9H9ClN4O2S/c1-5-8(14(15)16)9(11)13(12-5)4-6-2-3-7(10)17-6/h2-3H,4,11H2,1H3. The summed E-state index contributed by atoms with van der Waals surface area (Å²) in [6.07, 6.45) is 0. The number of aryl methyl sites for hydroxylation is 1. The molecule has 0 radical (unpaired) electrons. The molecule has 0 fully saturated rings.